The van der Waals surface area contributed by atoms with Crippen LogP contribution < -0.4 is 11.1 Å². The predicted octanol–water partition coefficient (Wildman–Crippen LogP) is 2.31. The summed E-state index contributed by atoms with van der Waals surface area (Å²) in [4.78, 5) is 34.0. The Bertz CT molecular complexity index is 894. The molecule has 2 amide bonds. The molecular weight excluding hydrogens is 342 g/mol. The largest absolute Gasteiger partial charge is 0.369 e. The number of fused-ring (bicyclic) bond motifs is 1. The zero-order valence-corrected chi connectivity index (χ0v) is 15.2. The van der Waals surface area contributed by atoms with E-state index in [1.54, 1.807) is 30.5 Å². The zero-order valence-electron chi connectivity index (χ0n) is 15.2. The molecule has 0 fully saturated rings. The molecule has 0 unspecified atom stereocenters. The summed E-state index contributed by atoms with van der Waals surface area (Å²) in [5.41, 5.74) is 7.25. The summed E-state index contributed by atoms with van der Waals surface area (Å²) in [6.45, 7) is 3.17. The summed E-state index contributed by atoms with van der Waals surface area (Å²) >= 11 is 0. The van der Waals surface area contributed by atoms with Gasteiger partial charge in [0.2, 0.25) is 5.95 Å². The molecule has 2 heterocycles. The Morgan fingerprint density at radius 2 is 1.89 bits per heavy atom. The van der Waals surface area contributed by atoms with Crippen LogP contribution in [0.3, 0.4) is 0 Å². The van der Waals surface area contributed by atoms with Crippen molar-refractivity contribution >= 4 is 23.6 Å². The number of hydrogen-bond acceptors (Lipinski definition) is 6. The molecule has 7 nitrogen and oxygen atoms in total. The number of amides is 2. The van der Waals surface area contributed by atoms with Gasteiger partial charge in [0.1, 0.15) is 5.82 Å². The Balaban J connectivity index is 1.58. The van der Waals surface area contributed by atoms with Crippen LogP contribution in [0.5, 0.6) is 0 Å². The third-order valence-electron chi connectivity index (χ3n) is 4.13. The van der Waals surface area contributed by atoms with Crippen molar-refractivity contribution in [3.63, 3.8) is 0 Å². The van der Waals surface area contributed by atoms with E-state index in [9.17, 15) is 9.59 Å². The lowest BCUT2D eigenvalue weighted by Crippen LogP contribution is -2.30. The maximum Gasteiger partial charge on any atom is 0.261 e. The molecule has 0 radical (unpaired) electrons. The number of benzene rings is 1. The maximum absolute atomic E-state index is 12.3. The van der Waals surface area contributed by atoms with Crippen LogP contribution in [0.2, 0.25) is 0 Å². The number of aromatic nitrogens is 2. The lowest BCUT2D eigenvalue weighted by atomic mass is 10.1. The van der Waals surface area contributed by atoms with Crippen LogP contribution in [0.15, 0.2) is 30.5 Å². The van der Waals surface area contributed by atoms with Gasteiger partial charge < -0.3 is 11.1 Å². The second-order valence-electron chi connectivity index (χ2n) is 6.13. The molecule has 0 aliphatic carbocycles. The monoisotopic (exact) mass is 363 g/mol. The Hall–Kier alpha value is -3.40. The van der Waals surface area contributed by atoms with E-state index in [0.29, 0.717) is 41.9 Å². The minimum Gasteiger partial charge on any atom is -0.369 e. The molecule has 1 aromatic heterocycles. The molecule has 0 saturated carbocycles. The molecule has 2 aromatic rings. The summed E-state index contributed by atoms with van der Waals surface area (Å²) in [6.07, 6.45) is 3.70. The molecule has 7 heteroatoms. The molecule has 1 aliphatic heterocycles. The average molecular weight is 363 g/mol. The van der Waals surface area contributed by atoms with Crippen molar-refractivity contribution in [2.24, 2.45) is 0 Å². The first-order valence-electron chi connectivity index (χ1n) is 8.92. The van der Waals surface area contributed by atoms with Gasteiger partial charge in [-0.05, 0) is 25.0 Å². The minimum absolute atomic E-state index is 0.199. The van der Waals surface area contributed by atoms with Gasteiger partial charge in [-0.3, -0.25) is 14.5 Å². The van der Waals surface area contributed by atoms with E-state index < -0.39 is 0 Å². The van der Waals surface area contributed by atoms with Crippen LogP contribution in [-0.2, 0) is 0 Å². The van der Waals surface area contributed by atoms with Gasteiger partial charge in [0.05, 0.1) is 22.9 Å². The SMILES string of the molecule is CCCNc1nc(N)ncc1C#CCCCN1C(=O)c2ccccc2C1=O. The van der Waals surface area contributed by atoms with Crippen LogP contribution in [0, 0.1) is 11.8 Å². The lowest BCUT2D eigenvalue weighted by Gasteiger charge is -2.12. The highest BCUT2D eigenvalue weighted by Crippen LogP contribution is 2.22. The number of nitrogens with one attached hydrogen (secondary N) is 1. The van der Waals surface area contributed by atoms with Crippen molar-refractivity contribution in [2.75, 3.05) is 24.1 Å². The highest BCUT2D eigenvalue weighted by atomic mass is 16.2. The highest BCUT2D eigenvalue weighted by Gasteiger charge is 2.34. The first-order chi connectivity index (χ1) is 13.1. The van der Waals surface area contributed by atoms with E-state index in [2.05, 4.69) is 34.0 Å². The normalized spacial score (nSPS) is 12.6. The van der Waals surface area contributed by atoms with E-state index in [-0.39, 0.29) is 17.8 Å². The van der Waals surface area contributed by atoms with Crippen LogP contribution >= 0.6 is 0 Å². The van der Waals surface area contributed by atoms with Gasteiger partial charge in [-0.15, -0.1) is 0 Å². The summed E-state index contributed by atoms with van der Waals surface area (Å²) in [5.74, 6) is 6.44. The second-order valence-corrected chi connectivity index (χ2v) is 6.13. The molecule has 0 bridgehead atoms. The number of anilines is 2. The van der Waals surface area contributed by atoms with Gasteiger partial charge in [-0.1, -0.05) is 30.9 Å². The maximum atomic E-state index is 12.3. The van der Waals surface area contributed by atoms with E-state index in [1.165, 1.54) is 4.90 Å². The van der Waals surface area contributed by atoms with Crippen molar-refractivity contribution in [1.82, 2.24) is 14.9 Å². The molecule has 1 aliphatic rings. The third kappa shape index (κ3) is 4.06. The molecule has 1 aromatic carbocycles. The van der Waals surface area contributed by atoms with Crippen LogP contribution in [0.1, 0.15) is 52.5 Å². The highest BCUT2D eigenvalue weighted by molar-refractivity contribution is 6.21. The molecule has 3 N–H and O–H groups in total. The van der Waals surface area contributed by atoms with Crippen molar-refractivity contribution in [1.29, 1.82) is 0 Å². The van der Waals surface area contributed by atoms with Crippen LogP contribution in [-0.4, -0.2) is 39.8 Å². The quantitative estimate of drug-likeness (QED) is 0.464. The molecule has 0 atom stereocenters. The van der Waals surface area contributed by atoms with Gasteiger partial charge in [-0.2, -0.15) is 4.98 Å². The Morgan fingerprint density at radius 1 is 1.19 bits per heavy atom. The van der Waals surface area contributed by atoms with E-state index in [0.717, 1.165) is 13.0 Å². The first kappa shape index (κ1) is 18.4. The Morgan fingerprint density at radius 3 is 2.56 bits per heavy atom. The van der Waals surface area contributed by atoms with Crippen molar-refractivity contribution in [2.45, 2.75) is 26.2 Å². The standard InChI is InChI=1S/C20H21N5O2/c1-2-11-22-17-14(13-23-20(21)24-17)8-4-3-7-12-25-18(26)15-9-5-6-10-16(15)19(25)27/h5-6,9-10,13H,2-3,7,11-12H2,1H3,(H3,21,22,23,24). The van der Waals surface area contributed by atoms with Gasteiger partial charge in [0.25, 0.3) is 11.8 Å². The molecular formula is C20H21N5O2. The minimum atomic E-state index is -0.235. The van der Waals surface area contributed by atoms with E-state index >= 15 is 0 Å². The van der Waals surface area contributed by atoms with Gasteiger partial charge in [0.15, 0.2) is 0 Å². The fourth-order valence-electron chi connectivity index (χ4n) is 2.79. The van der Waals surface area contributed by atoms with Crippen molar-refractivity contribution in [3.05, 3.63) is 47.2 Å². The van der Waals surface area contributed by atoms with Crippen molar-refractivity contribution < 1.29 is 9.59 Å². The lowest BCUT2D eigenvalue weighted by molar-refractivity contribution is 0.0653. The number of hydrogen-bond donors (Lipinski definition) is 2. The smallest absolute Gasteiger partial charge is 0.261 e. The average Bonchev–Trinajstić information content (AvgIpc) is 2.92. The molecule has 0 saturated heterocycles. The van der Waals surface area contributed by atoms with Crippen LogP contribution in [0.25, 0.3) is 0 Å². The number of carbonyl (C=O) groups is 2. The first-order valence-corrected chi connectivity index (χ1v) is 8.92. The molecule has 27 heavy (non-hydrogen) atoms. The molecule has 0 spiro atoms. The fraction of sp³-hybridized carbons (Fsp3) is 0.300. The summed E-state index contributed by atoms with van der Waals surface area (Å²) in [6, 6.07) is 6.89. The second kappa shape index (κ2) is 8.32. The van der Waals surface area contributed by atoms with Crippen LogP contribution in [0.4, 0.5) is 11.8 Å². The Labute approximate surface area is 158 Å². The number of rotatable bonds is 6. The van der Waals surface area contributed by atoms with Gasteiger partial charge in [-0.25, -0.2) is 4.98 Å². The summed E-state index contributed by atoms with van der Waals surface area (Å²) in [5, 5.41) is 3.18. The van der Waals surface area contributed by atoms with Gasteiger partial charge >= 0.3 is 0 Å². The number of unbranched alkanes of at least 4 members (excludes halogenated alkanes) is 1. The third-order valence-corrected chi connectivity index (χ3v) is 4.13. The predicted molar refractivity (Wildman–Crippen MR) is 103 cm³/mol. The number of carbonyl (C=O) groups excluding carboxylic acids is 2. The van der Waals surface area contributed by atoms with E-state index in [1.807, 2.05) is 0 Å². The number of nitrogens with two attached hydrogens (primary N) is 1. The molecule has 3 rings (SSSR count). The molecule has 138 valence electrons. The van der Waals surface area contributed by atoms with Crippen molar-refractivity contribution in [3.8, 4) is 11.8 Å². The number of imide groups is 1. The summed E-state index contributed by atoms with van der Waals surface area (Å²) < 4.78 is 0. The number of nitrogens with zero attached hydrogens (tertiary/aromatic N) is 3. The topological polar surface area (TPSA) is 101 Å². The fourth-order valence-corrected chi connectivity index (χ4v) is 2.79. The summed E-state index contributed by atoms with van der Waals surface area (Å²) in [7, 11) is 0. The number of nitrogen functional groups attached to an aromatic ring is 1. The van der Waals surface area contributed by atoms with E-state index in [4.69, 9.17) is 5.73 Å². The Kier molecular flexibility index (Phi) is 5.67. The van der Waals surface area contributed by atoms with Gasteiger partial charge in [0, 0.05) is 19.5 Å². The zero-order chi connectivity index (χ0) is 19.2.